The fraction of sp³-hybridized carbons (Fsp3) is 0.667. The molecule has 5 unspecified atom stereocenters. The van der Waals surface area contributed by atoms with Gasteiger partial charge in [-0.15, -0.1) is 0 Å². The summed E-state index contributed by atoms with van der Waals surface area (Å²) in [5.74, 6) is 1.20. The van der Waals surface area contributed by atoms with Crippen LogP contribution in [-0.2, 0) is 11.2 Å². The van der Waals surface area contributed by atoms with Crippen LogP contribution in [0.25, 0.3) is 0 Å². The minimum atomic E-state index is -0.433. The molecule has 1 aromatic rings. The second kappa shape index (κ2) is 6.28. The molecular formula is C18H28O2. The Morgan fingerprint density at radius 2 is 1.85 bits per heavy atom. The van der Waals surface area contributed by atoms with Crippen molar-refractivity contribution in [3.8, 4) is 0 Å². The summed E-state index contributed by atoms with van der Waals surface area (Å²) in [5.41, 5.74) is 2.34. The quantitative estimate of drug-likeness (QED) is 0.901. The highest BCUT2D eigenvalue weighted by Gasteiger charge is 2.41. The molecule has 0 bridgehead atoms. The fourth-order valence-corrected chi connectivity index (χ4v) is 3.44. The average molecular weight is 276 g/mol. The monoisotopic (exact) mass is 276 g/mol. The minimum absolute atomic E-state index is 0.115. The number of hydrogen-bond acceptors (Lipinski definition) is 2. The van der Waals surface area contributed by atoms with Crippen LogP contribution in [0.3, 0.4) is 0 Å². The van der Waals surface area contributed by atoms with Crippen molar-refractivity contribution in [1.82, 2.24) is 0 Å². The molecule has 2 nitrogen and oxygen atoms in total. The summed E-state index contributed by atoms with van der Waals surface area (Å²) >= 11 is 0. The van der Waals surface area contributed by atoms with E-state index in [0.717, 1.165) is 12.0 Å². The lowest BCUT2D eigenvalue weighted by Crippen LogP contribution is -2.25. The third-order valence-corrected chi connectivity index (χ3v) is 4.62. The minimum Gasteiger partial charge on any atom is -0.388 e. The smallest absolute Gasteiger partial charge is 0.0846 e. The predicted octanol–water partition coefficient (Wildman–Crippen LogP) is 3.98. The van der Waals surface area contributed by atoms with Gasteiger partial charge in [-0.05, 0) is 43.2 Å². The van der Waals surface area contributed by atoms with Crippen molar-refractivity contribution >= 4 is 0 Å². The van der Waals surface area contributed by atoms with Gasteiger partial charge in [0, 0.05) is 5.92 Å². The van der Waals surface area contributed by atoms with Gasteiger partial charge in [0.1, 0.15) is 0 Å². The van der Waals surface area contributed by atoms with E-state index in [1.807, 2.05) is 6.07 Å². The Labute approximate surface area is 123 Å². The molecule has 20 heavy (non-hydrogen) atoms. The Morgan fingerprint density at radius 1 is 1.15 bits per heavy atom. The van der Waals surface area contributed by atoms with Crippen LogP contribution in [0.1, 0.15) is 51.8 Å². The Balaban J connectivity index is 2.18. The molecule has 1 N–H and O–H groups in total. The molecule has 1 heterocycles. The van der Waals surface area contributed by atoms with Gasteiger partial charge < -0.3 is 9.84 Å². The highest BCUT2D eigenvalue weighted by atomic mass is 16.5. The molecule has 0 aromatic heterocycles. The first-order valence-electron chi connectivity index (χ1n) is 7.82. The van der Waals surface area contributed by atoms with E-state index in [-0.39, 0.29) is 18.1 Å². The number of aliphatic hydroxyl groups excluding tert-OH is 1. The molecule has 1 aromatic carbocycles. The largest absolute Gasteiger partial charge is 0.388 e. The summed E-state index contributed by atoms with van der Waals surface area (Å²) in [6.07, 6.45) is 0.966. The van der Waals surface area contributed by atoms with E-state index >= 15 is 0 Å². The summed E-state index contributed by atoms with van der Waals surface area (Å²) in [7, 11) is 0. The van der Waals surface area contributed by atoms with E-state index in [4.69, 9.17) is 4.74 Å². The Hall–Kier alpha value is -0.860. The Bertz CT molecular complexity index is 441. The molecule has 1 fully saturated rings. The zero-order chi connectivity index (χ0) is 14.9. The van der Waals surface area contributed by atoms with Crippen LogP contribution < -0.4 is 0 Å². The molecular weight excluding hydrogens is 248 g/mol. The van der Waals surface area contributed by atoms with Gasteiger partial charge in [-0.1, -0.05) is 45.0 Å². The van der Waals surface area contributed by atoms with Crippen LogP contribution >= 0.6 is 0 Å². The maximum absolute atomic E-state index is 10.8. The molecule has 0 aliphatic carbocycles. The summed E-state index contributed by atoms with van der Waals surface area (Å²) in [4.78, 5) is 0. The zero-order valence-corrected chi connectivity index (χ0v) is 13.3. The van der Waals surface area contributed by atoms with Crippen molar-refractivity contribution in [2.75, 3.05) is 0 Å². The molecule has 0 radical (unpaired) electrons. The number of hydrogen-bond donors (Lipinski definition) is 1. The van der Waals surface area contributed by atoms with Crippen LogP contribution in [0, 0.1) is 17.8 Å². The zero-order valence-electron chi connectivity index (χ0n) is 13.3. The lowest BCUT2D eigenvalue weighted by atomic mass is 9.82. The van der Waals surface area contributed by atoms with Crippen molar-refractivity contribution in [2.24, 2.45) is 17.8 Å². The predicted molar refractivity (Wildman–Crippen MR) is 82.6 cm³/mol. The van der Waals surface area contributed by atoms with Gasteiger partial charge in [-0.25, -0.2) is 0 Å². The normalized spacial score (nSPS) is 31.8. The molecule has 0 saturated carbocycles. The topological polar surface area (TPSA) is 29.5 Å². The van der Waals surface area contributed by atoms with E-state index in [9.17, 15) is 5.11 Å². The third kappa shape index (κ3) is 3.24. The van der Waals surface area contributed by atoms with Gasteiger partial charge in [0.05, 0.1) is 18.3 Å². The van der Waals surface area contributed by atoms with E-state index in [0.29, 0.717) is 11.8 Å². The average Bonchev–Trinajstić information content (AvgIpc) is 2.62. The summed E-state index contributed by atoms with van der Waals surface area (Å²) in [5, 5.41) is 10.8. The van der Waals surface area contributed by atoms with Crippen LogP contribution in [-0.4, -0.2) is 17.3 Å². The second-order valence-electron chi connectivity index (χ2n) is 6.77. The maximum Gasteiger partial charge on any atom is 0.0846 e. The van der Waals surface area contributed by atoms with Crippen molar-refractivity contribution in [3.05, 3.63) is 35.4 Å². The number of aliphatic hydroxyl groups is 1. The highest BCUT2D eigenvalue weighted by molar-refractivity contribution is 5.26. The van der Waals surface area contributed by atoms with Gasteiger partial charge >= 0.3 is 0 Å². The lowest BCUT2D eigenvalue weighted by Gasteiger charge is -2.25. The number of ether oxygens (including phenoxy) is 1. The summed E-state index contributed by atoms with van der Waals surface area (Å²) in [6, 6.07) is 8.41. The van der Waals surface area contributed by atoms with Gasteiger partial charge in [0.25, 0.3) is 0 Å². The van der Waals surface area contributed by atoms with Crippen molar-refractivity contribution in [1.29, 1.82) is 0 Å². The second-order valence-corrected chi connectivity index (χ2v) is 6.77. The molecule has 112 valence electrons. The molecule has 1 aliphatic rings. The Morgan fingerprint density at radius 3 is 2.40 bits per heavy atom. The van der Waals surface area contributed by atoms with E-state index in [1.54, 1.807) is 0 Å². The third-order valence-electron chi connectivity index (χ3n) is 4.62. The molecule has 5 atom stereocenters. The lowest BCUT2D eigenvalue weighted by molar-refractivity contribution is 0.0231. The molecule has 1 aliphatic heterocycles. The van der Waals surface area contributed by atoms with Gasteiger partial charge in [0.15, 0.2) is 0 Å². The van der Waals surface area contributed by atoms with Gasteiger partial charge in [0.2, 0.25) is 0 Å². The maximum atomic E-state index is 10.8. The SMILES string of the molecule is CC(C)Cc1cccc(C(O)C2C(C)OC(C)C2C)c1. The number of benzene rings is 1. The standard InChI is InChI=1S/C18H28O2/c1-11(2)9-15-7-6-8-16(10-15)18(19)17-12(3)13(4)20-14(17)5/h6-8,10-14,17-19H,9H2,1-5H3. The van der Waals surface area contributed by atoms with Crippen molar-refractivity contribution in [3.63, 3.8) is 0 Å². The Kier molecular flexibility index (Phi) is 4.87. The molecule has 0 amide bonds. The molecule has 0 spiro atoms. The van der Waals surface area contributed by atoms with Crippen molar-refractivity contribution < 1.29 is 9.84 Å². The number of rotatable bonds is 4. The van der Waals surface area contributed by atoms with Gasteiger partial charge in [-0.3, -0.25) is 0 Å². The van der Waals surface area contributed by atoms with Gasteiger partial charge in [-0.2, -0.15) is 0 Å². The van der Waals surface area contributed by atoms with E-state index in [1.165, 1.54) is 5.56 Å². The molecule has 2 heteroatoms. The first-order valence-corrected chi connectivity index (χ1v) is 7.82. The first kappa shape index (κ1) is 15.5. The van der Waals surface area contributed by atoms with Crippen LogP contribution in [0.4, 0.5) is 0 Å². The highest BCUT2D eigenvalue weighted by Crippen LogP contribution is 2.40. The van der Waals surface area contributed by atoms with Crippen LogP contribution in [0.2, 0.25) is 0 Å². The summed E-state index contributed by atoms with van der Waals surface area (Å²) < 4.78 is 5.86. The molecule has 2 rings (SSSR count). The van der Waals surface area contributed by atoms with Crippen molar-refractivity contribution in [2.45, 2.75) is 59.4 Å². The van der Waals surface area contributed by atoms with E-state index < -0.39 is 6.10 Å². The summed E-state index contributed by atoms with van der Waals surface area (Å²) in [6.45, 7) is 10.8. The molecule has 1 saturated heterocycles. The van der Waals surface area contributed by atoms with E-state index in [2.05, 4.69) is 52.8 Å². The first-order chi connectivity index (χ1) is 9.40. The van der Waals surface area contributed by atoms with Crippen LogP contribution in [0.15, 0.2) is 24.3 Å². The van der Waals surface area contributed by atoms with Crippen LogP contribution in [0.5, 0.6) is 0 Å². The fourth-order valence-electron chi connectivity index (χ4n) is 3.44.